The van der Waals surface area contributed by atoms with Crippen LogP contribution in [0.4, 0.5) is 0 Å². The molecule has 3 nitrogen and oxygen atoms in total. The van der Waals surface area contributed by atoms with Crippen molar-refractivity contribution in [2.24, 2.45) is 5.73 Å². The number of ether oxygens (including phenoxy) is 2. The molecule has 90 valence electrons. The van der Waals surface area contributed by atoms with Crippen molar-refractivity contribution in [3.8, 4) is 11.5 Å². The zero-order valence-corrected chi connectivity index (χ0v) is 10.5. The second kappa shape index (κ2) is 5.75. The van der Waals surface area contributed by atoms with Crippen molar-refractivity contribution in [2.75, 3.05) is 14.2 Å². The van der Waals surface area contributed by atoms with E-state index < -0.39 is 0 Å². The number of methoxy groups -OCH3 is 2. The zero-order valence-electron chi connectivity index (χ0n) is 10.5. The minimum absolute atomic E-state index is 0.0319. The molecule has 0 aliphatic carbocycles. The molecule has 1 atom stereocenters. The topological polar surface area (TPSA) is 44.5 Å². The van der Waals surface area contributed by atoms with Crippen LogP contribution in [-0.2, 0) is 0 Å². The van der Waals surface area contributed by atoms with Gasteiger partial charge in [-0.3, -0.25) is 0 Å². The highest BCUT2D eigenvalue weighted by molar-refractivity contribution is 5.49. The van der Waals surface area contributed by atoms with E-state index in [4.69, 9.17) is 15.2 Å². The van der Waals surface area contributed by atoms with E-state index in [2.05, 4.69) is 6.92 Å². The lowest BCUT2D eigenvalue weighted by Gasteiger charge is -2.19. The molecule has 16 heavy (non-hydrogen) atoms. The van der Waals surface area contributed by atoms with Crippen molar-refractivity contribution in [3.05, 3.63) is 23.3 Å². The summed E-state index contributed by atoms with van der Waals surface area (Å²) in [5.41, 5.74) is 8.23. The lowest BCUT2D eigenvalue weighted by molar-refractivity contribution is 0.376. The standard InChI is InChI=1S/C13H21NO2/c1-5-6-10(14)13-11(15-3)7-9(2)8-12(13)16-4/h7-8,10H,5-6,14H2,1-4H3/t10-/m1/s1. The summed E-state index contributed by atoms with van der Waals surface area (Å²) >= 11 is 0. The van der Waals surface area contributed by atoms with Gasteiger partial charge in [0.15, 0.2) is 0 Å². The van der Waals surface area contributed by atoms with Crippen LogP contribution in [0.2, 0.25) is 0 Å². The van der Waals surface area contributed by atoms with Crippen molar-refractivity contribution in [1.82, 2.24) is 0 Å². The van der Waals surface area contributed by atoms with Crippen molar-refractivity contribution in [3.63, 3.8) is 0 Å². The molecule has 0 bridgehead atoms. The first-order valence-electron chi connectivity index (χ1n) is 5.62. The van der Waals surface area contributed by atoms with Crippen LogP contribution in [0.15, 0.2) is 12.1 Å². The smallest absolute Gasteiger partial charge is 0.127 e. The molecule has 0 heterocycles. The fourth-order valence-corrected chi connectivity index (χ4v) is 1.89. The van der Waals surface area contributed by atoms with Crippen LogP contribution in [-0.4, -0.2) is 14.2 Å². The number of benzene rings is 1. The summed E-state index contributed by atoms with van der Waals surface area (Å²) in [4.78, 5) is 0. The van der Waals surface area contributed by atoms with E-state index in [0.717, 1.165) is 35.5 Å². The fourth-order valence-electron chi connectivity index (χ4n) is 1.89. The molecule has 0 aliphatic rings. The number of aryl methyl sites for hydroxylation is 1. The van der Waals surface area contributed by atoms with Gasteiger partial charge in [0.2, 0.25) is 0 Å². The SMILES string of the molecule is CCC[C@@H](N)c1c(OC)cc(C)cc1OC. The normalized spacial score (nSPS) is 12.3. The van der Waals surface area contributed by atoms with Gasteiger partial charge in [-0.05, 0) is 31.0 Å². The molecule has 1 aromatic rings. The minimum Gasteiger partial charge on any atom is -0.496 e. The van der Waals surface area contributed by atoms with Crippen LogP contribution in [0, 0.1) is 6.92 Å². The van der Waals surface area contributed by atoms with Crippen molar-refractivity contribution < 1.29 is 9.47 Å². The molecule has 0 unspecified atom stereocenters. The number of nitrogens with two attached hydrogens (primary N) is 1. The monoisotopic (exact) mass is 223 g/mol. The summed E-state index contributed by atoms with van der Waals surface area (Å²) in [5.74, 6) is 1.63. The second-order valence-electron chi connectivity index (χ2n) is 3.98. The number of hydrogen-bond acceptors (Lipinski definition) is 3. The third-order valence-corrected chi connectivity index (χ3v) is 2.66. The van der Waals surface area contributed by atoms with E-state index in [1.165, 1.54) is 0 Å². The molecule has 1 rings (SSSR count). The van der Waals surface area contributed by atoms with Gasteiger partial charge in [-0.25, -0.2) is 0 Å². The molecule has 0 saturated heterocycles. The highest BCUT2D eigenvalue weighted by Gasteiger charge is 2.17. The maximum absolute atomic E-state index is 6.15. The summed E-state index contributed by atoms with van der Waals surface area (Å²) in [7, 11) is 3.33. The first-order valence-corrected chi connectivity index (χ1v) is 5.62. The molecule has 0 aromatic heterocycles. The molecular weight excluding hydrogens is 202 g/mol. The van der Waals surface area contributed by atoms with E-state index in [9.17, 15) is 0 Å². The average molecular weight is 223 g/mol. The van der Waals surface area contributed by atoms with Crippen molar-refractivity contribution in [2.45, 2.75) is 32.7 Å². The minimum atomic E-state index is -0.0319. The Morgan fingerprint density at radius 1 is 1.19 bits per heavy atom. The summed E-state index contributed by atoms with van der Waals surface area (Å²) in [6.45, 7) is 4.13. The number of rotatable bonds is 5. The Hall–Kier alpha value is -1.22. The van der Waals surface area contributed by atoms with Crippen LogP contribution < -0.4 is 15.2 Å². The lowest BCUT2D eigenvalue weighted by atomic mass is 9.99. The average Bonchev–Trinajstić information content (AvgIpc) is 2.27. The molecular formula is C13H21NO2. The molecule has 0 aliphatic heterocycles. The first-order chi connectivity index (χ1) is 7.63. The van der Waals surface area contributed by atoms with Crippen LogP contribution in [0.3, 0.4) is 0 Å². The molecule has 0 fully saturated rings. The van der Waals surface area contributed by atoms with E-state index in [1.54, 1.807) is 14.2 Å². The predicted molar refractivity (Wildman–Crippen MR) is 66.1 cm³/mol. The van der Waals surface area contributed by atoms with Gasteiger partial charge in [0.05, 0.1) is 19.8 Å². The fraction of sp³-hybridized carbons (Fsp3) is 0.538. The van der Waals surface area contributed by atoms with Gasteiger partial charge < -0.3 is 15.2 Å². The summed E-state index contributed by atoms with van der Waals surface area (Å²) in [6.07, 6.45) is 1.97. The van der Waals surface area contributed by atoms with Crippen LogP contribution in [0.25, 0.3) is 0 Å². The van der Waals surface area contributed by atoms with Gasteiger partial charge in [-0.1, -0.05) is 13.3 Å². The van der Waals surface area contributed by atoms with Crippen LogP contribution in [0.1, 0.15) is 36.9 Å². The lowest BCUT2D eigenvalue weighted by Crippen LogP contribution is -2.13. The summed E-state index contributed by atoms with van der Waals surface area (Å²) in [6, 6.07) is 3.95. The van der Waals surface area contributed by atoms with Gasteiger partial charge in [0, 0.05) is 6.04 Å². The van der Waals surface area contributed by atoms with Gasteiger partial charge in [0.1, 0.15) is 11.5 Å². The molecule has 0 radical (unpaired) electrons. The third-order valence-electron chi connectivity index (χ3n) is 2.66. The molecule has 3 heteroatoms. The Balaban J connectivity index is 3.21. The van der Waals surface area contributed by atoms with E-state index in [-0.39, 0.29) is 6.04 Å². The highest BCUT2D eigenvalue weighted by Crippen LogP contribution is 2.36. The Labute approximate surface area is 97.6 Å². The Kier molecular flexibility index (Phi) is 4.62. The predicted octanol–water partition coefficient (Wildman–Crippen LogP) is 2.81. The Morgan fingerprint density at radius 3 is 2.06 bits per heavy atom. The molecule has 0 saturated carbocycles. The summed E-state index contributed by atoms with van der Waals surface area (Å²) < 4.78 is 10.8. The Bertz CT molecular complexity index is 325. The highest BCUT2D eigenvalue weighted by atomic mass is 16.5. The largest absolute Gasteiger partial charge is 0.496 e. The molecule has 0 spiro atoms. The van der Waals surface area contributed by atoms with Gasteiger partial charge >= 0.3 is 0 Å². The molecule has 1 aromatic carbocycles. The van der Waals surface area contributed by atoms with Gasteiger partial charge in [-0.15, -0.1) is 0 Å². The van der Waals surface area contributed by atoms with Gasteiger partial charge in [-0.2, -0.15) is 0 Å². The van der Waals surface area contributed by atoms with E-state index in [1.807, 2.05) is 19.1 Å². The summed E-state index contributed by atoms with van der Waals surface area (Å²) in [5, 5.41) is 0. The maximum Gasteiger partial charge on any atom is 0.127 e. The van der Waals surface area contributed by atoms with Crippen LogP contribution >= 0.6 is 0 Å². The maximum atomic E-state index is 6.15. The third kappa shape index (κ3) is 2.67. The first kappa shape index (κ1) is 12.8. The van der Waals surface area contributed by atoms with Crippen molar-refractivity contribution >= 4 is 0 Å². The molecule has 0 amide bonds. The molecule has 2 N–H and O–H groups in total. The van der Waals surface area contributed by atoms with E-state index >= 15 is 0 Å². The van der Waals surface area contributed by atoms with Crippen molar-refractivity contribution in [1.29, 1.82) is 0 Å². The zero-order chi connectivity index (χ0) is 12.1. The van der Waals surface area contributed by atoms with Gasteiger partial charge in [0.25, 0.3) is 0 Å². The van der Waals surface area contributed by atoms with Crippen LogP contribution in [0.5, 0.6) is 11.5 Å². The second-order valence-corrected chi connectivity index (χ2v) is 3.98. The number of hydrogen-bond donors (Lipinski definition) is 1. The van der Waals surface area contributed by atoms with E-state index in [0.29, 0.717) is 0 Å². The Morgan fingerprint density at radius 2 is 1.69 bits per heavy atom. The quantitative estimate of drug-likeness (QED) is 0.834.